The lowest BCUT2D eigenvalue weighted by molar-refractivity contribution is -0.385. The molecule has 0 aliphatic carbocycles. The Kier molecular flexibility index (Phi) is 3.72. The molecule has 0 fully saturated rings. The molecule has 114 valence electrons. The van der Waals surface area contributed by atoms with Crippen molar-refractivity contribution < 1.29 is 9.72 Å². The number of carbonyl (C=O) groups is 1. The molecule has 0 bridgehead atoms. The van der Waals surface area contributed by atoms with Crippen LogP contribution in [0.2, 0.25) is 0 Å². The minimum atomic E-state index is -0.465. The SMILES string of the molecule is Cc1cc(C(=O)Nc2cccc3ncccc23)ccc1[N+](=O)[O-]. The van der Waals surface area contributed by atoms with Crippen LogP contribution in [0.25, 0.3) is 10.9 Å². The molecule has 0 saturated carbocycles. The molecule has 0 spiro atoms. The second-order valence-corrected chi connectivity index (χ2v) is 5.09. The monoisotopic (exact) mass is 307 g/mol. The van der Waals surface area contributed by atoms with Crippen molar-refractivity contribution in [3.8, 4) is 0 Å². The summed E-state index contributed by atoms with van der Waals surface area (Å²) in [6.07, 6.45) is 1.69. The van der Waals surface area contributed by atoms with Crippen LogP contribution in [0.4, 0.5) is 11.4 Å². The number of nitrogens with zero attached hydrogens (tertiary/aromatic N) is 2. The van der Waals surface area contributed by atoms with E-state index in [0.717, 1.165) is 10.9 Å². The Labute approximate surface area is 131 Å². The number of fused-ring (bicyclic) bond motifs is 1. The Morgan fingerprint density at radius 1 is 1.17 bits per heavy atom. The van der Waals surface area contributed by atoms with E-state index in [2.05, 4.69) is 10.3 Å². The molecule has 1 amide bonds. The van der Waals surface area contributed by atoms with E-state index < -0.39 is 4.92 Å². The summed E-state index contributed by atoms with van der Waals surface area (Å²) in [6.45, 7) is 1.61. The maximum atomic E-state index is 12.4. The van der Waals surface area contributed by atoms with Gasteiger partial charge in [0.15, 0.2) is 0 Å². The van der Waals surface area contributed by atoms with Crippen LogP contribution < -0.4 is 5.32 Å². The zero-order chi connectivity index (χ0) is 16.4. The molecular formula is C17H13N3O3. The van der Waals surface area contributed by atoms with E-state index in [0.29, 0.717) is 16.8 Å². The molecule has 6 nitrogen and oxygen atoms in total. The molecule has 1 aromatic heterocycles. The van der Waals surface area contributed by atoms with Crippen molar-refractivity contribution in [1.29, 1.82) is 0 Å². The molecule has 6 heteroatoms. The smallest absolute Gasteiger partial charge is 0.272 e. The van der Waals surface area contributed by atoms with Crippen molar-refractivity contribution in [2.75, 3.05) is 5.32 Å². The average molecular weight is 307 g/mol. The number of pyridine rings is 1. The third kappa shape index (κ3) is 2.87. The number of nitro benzene ring substituents is 1. The average Bonchev–Trinajstić information content (AvgIpc) is 2.54. The number of carbonyl (C=O) groups excluding carboxylic acids is 1. The van der Waals surface area contributed by atoms with E-state index in [9.17, 15) is 14.9 Å². The second-order valence-electron chi connectivity index (χ2n) is 5.09. The van der Waals surface area contributed by atoms with Crippen molar-refractivity contribution >= 4 is 28.2 Å². The summed E-state index contributed by atoms with van der Waals surface area (Å²) in [7, 11) is 0. The zero-order valence-electron chi connectivity index (χ0n) is 12.3. The summed E-state index contributed by atoms with van der Waals surface area (Å²) in [4.78, 5) is 27.0. The van der Waals surface area contributed by atoms with Crippen LogP contribution in [0.5, 0.6) is 0 Å². The molecule has 23 heavy (non-hydrogen) atoms. The lowest BCUT2D eigenvalue weighted by Gasteiger charge is -2.09. The number of aryl methyl sites for hydroxylation is 1. The van der Waals surface area contributed by atoms with E-state index in [4.69, 9.17) is 0 Å². The number of amides is 1. The van der Waals surface area contributed by atoms with Gasteiger partial charge in [0.25, 0.3) is 11.6 Å². The topological polar surface area (TPSA) is 85.1 Å². The van der Waals surface area contributed by atoms with E-state index in [1.54, 1.807) is 25.3 Å². The number of hydrogen-bond donors (Lipinski definition) is 1. The van der Waals surface area contributed by atoms with Crippen LogP contribution in [-0.4, -0.2) is 15.8 Å². The first-order valence-corrected chi connectivity index (χ1v) is 6.96. The first-order valence-electron chi connectivity index (χ1n) is 6.96. The van der Waals surface area contributed by atoms with Crippen LogP contribution in [0, 0.1) is 17.0 Å². The van der Waals surface area contributed by atoms with Gasteiger partial charge in [-0.2, -0.15) is 0 Å². The number of hydrogen-bond acceptors (Lipinski definition) is 4. The first-order chi connectivity index (χ1) is 11.1. The number of nitrogens with one attached hydrogen (secondary N) is 1. The quantitative estimate of drug-likeness (QED) is 0.590. The van der Waals surface area contributed by atoms with Crippen LogP contribution in [-0.2, 0) is 0 Å². The summed E-state index contributed by atoms with van der Waals surface area (Å²) < 4.78 is 0. The van der Waals surface area contributed by atoms with Crippen molar-refractivity contribution in [2.45, 2.75) is 6.92 Å². The normalized spacial score (nSPS) is 10.5. The van der Waals surface area contributed by atoms with Crippen molar-refractivity contribution in [2.24, 2.45) is 0 Å². The molecular weight excluding hydrogens is 294 g/mol. The Balaban J connectivity index is 1.92. The lowest BCUT2D eigenvalue weighted by Crippen LogP contribution is -2.12. The molecule has 1 N–H and O–H groups in total. The van der Waals surface area contributed by atoms with E-state index in [1.165, 1.54) is 18.2 Å². The van der Waals surface area contributed by atoms with Gasteiger partial charge in [0.1, 0.15) is 0 Å². The summed E-state index contributed by atoms with van der Waals surface area (Å²) in [6, 6.07) is 13.4. The van der Waals surface area contributed by atoms with Crippen molar-refractivity contribution in [3.63, 3.8) is 0 Å². The standard InChI is InChI=1S/C17H13N3O3/c1-11-10-12(7-8-16(11)20(22)23)17(21)19-15-6-2-5-14-13(15)4-3-9-18-14/h2-10H,1H3,(H,19,21). The van der Waals surface area contributed by atoms with E-state index in [1.807, 2.05) is 18.2 Å². The van der Waals surface area contributed by atoms with Gasteiger partial charge in [0, 0.05) is 28.8 Å². The van der Waals surface area contributed by atoms with E-state index in [-0.39, 0.29) is 11.6 Å². The van der Waals surface area contributed by atoms with Crippen molar-refractivity contribution in [1.82, 2.24) is 4.98 Å². The van der Waals surface area contributed by atoms with Gasteiger partial charge in [-0.05, 0) is 43.3 Å². The van der Waals surface area contributed by atoms with E-state index >= 15 is 0 Å². The predicted octanol–water partition coefficient (Wildman–Crippen LogP) is 3.70. The number of nitro groups is 1. The summed E-state index contributed by atoms with van der Waals surface area (Å²) >= 11 is 0. The molecule has 0 aliphatic heterocycles. The highest BCUT2D eigenvalue weighted by molar-refractivity contribution is 6.08. The van der Waals surface area contributed by atoms with Gasteiger partial charge in [0.05, 0.1) is 16.1 Å². The van der Waals surface area contributed by atoms with Gasteiger partial charge in [-0.3, -0.25) is 19.9 Å². The summed E-state index contributed by atoms with van der Waals surface area (Å²) in [5.74, 6) is -0.320. The number of anilines is 1. The van der Waals surface area contributed by atoms with Gasteiger partial charge in [-0.25, -0.2) is 0 Å². The van der Waals surface area contributed by atoms with Gasteiger partial charge >= 0.3 is 0 Å². The Bertz CT molecular complexity index is 917. The third-order valence-corrected chi connectivity index (χ3v) is 3.55. The Morgan fingerprint density at radius 2 is 2.00 bits per heavy atom. The van der Waals surface area contributed by atoms with Gasteiger partial charge in [0.2, 0.25) is 0 Å². The summed E-state index contributed by atoms with van der Waals surface area (Å²) in [5, 5.41) is 14.5. The number of benzene rings is 2. The molecule has 0 unspecified atom stereocenters. The molecule has 0 saturated heterocycles. The fraction of sp³-hybridized carbons (Fsp3) is 0.0588. The fourth-order valence-corrected chi connectivity index (χ4v) is 2.41. The third-order valence-electron chi connectivity index (χ3n) is 3.55. The molecule has 0 radical (unpaired) electrons. The second kappa shape index (κ2) is 5.84. The molecule has 2 aromatic carbocycles. The highest BCUT2D eigenvalue weighted by atomic mass is 16.6. The maximum absolute atomic E-state index is 12.4. The van der Waals surface area contributed by atoms with Crippen LogP contribution >= 0.6 is 0 Å². The molecule has 1 heterocycles. The minimum Gasteiger partial charge on any atom is -0.321 e. The molecule has 3 aromatic rings. The predicted molar refractivity (Wildman–Crippen MR) is 87.5 cm³/mol. The maximum Gasteiger partial charge on any atom is 0.272 e. The fourth-order valence-electron chi connectivity index (χ4n) is 2.41. The van der Waals surface area contributed by atoms with Gasteiger partial charge in [-0.1, -0.05) is 6.07 Å². The summed E-state index contributed by atoms with van der Waals surface area (Å²) in [5.41, 5.74) is 2.24. The largest absolute Gasteiger partial charge is 0.321 e. The van der Waals surface area contributed by atoms with Crippen LogP contribution in [0.15, 0.2) is 54.7 Å². The Hall–Kier alpha value is -3.28. The zero-order valence-corrected chi connectivity index (χ0v) is 12.3. The Morgan fingerprint density at radius 3 is 2.74 bits per heavy atom. The van der Waals surface area contributed by atoms with Crippen molar-refractivity contribution in [3.05, 3.63) is 76.0 Å². The van der Waals surface area contributed by atoms with Crippen LogP contribution in [0.3, 0.4) is 0 Å². The van der Waals surface area contributed by atoms with Gasteiger partial charge in [-0.15, -0.1) is 0 Å². The van der Waals surface area contributed by atoms with Gasteiger partial charge < -0.3 is 5.32 Å². The first kappa shape index (κ1) is 14.6. The highest BCUT2D eigenvalue weighted by Crippen LogP contribution is 2.23. The molecule has 0 atom stereocenters. The number of rotatable bonds is 3. The molecule has 3 rings (SSSR count). The lowest BCUT2D eigenvalue weighted by atomic mass is 10.1. The molecule has 0 aliphatic rings. The number of aromatic nitrogens is 1. The van der Waals surface area contributed by atoms with Crippen LogP contribution in [0.1, 0.15) is 15.9 Å². The minimum absolute atomic E-state index is 0.00379. The highest BCUT2D eigenvalue weighted by Gasteiger charge is 2.14.